The maximum Gasteiger partial charge on any atom is 0.293 e. The van der Waals surface area contributed by atoms with E-state index in [9.17, 15) is 14.4 Å². The van der Waals surface area contributed by atoms with Crippen molar-refractivity contribution in [3.05, 3.63) is 52.4 Å². The molecule has 1 aliphatic rings. The van der Waals surface area contributed by atoms with Crippen molar-refractivity contribution in [1.82, 2.24) is 10.2 Å². The van der Waals surface area contributed by atoms with Gasteiger partial charge < -0.3 is 24.3 Å². The van der Waals surface area contributed by atoms with Gasteiger partial charge in [-0.1, -0.05) is 12.1 Å². The number of furan rings is 1. The van der Waals surface area contributed by atoms with E-state index < -0.39 is 17.9 Å². The summed E-state index contributed by atoms with van der Waals surface area (Å²) in [6, 6.07) is 9.19. The third kappa shape index (κ3) is 4.86. The summed E-state index contributed by atoms with van der Waals surface area (Å²) in [7, 11) is 1.56. The number of morpholine rings is 1. The maximum absolute atomic E-state index is 12.9. The molecule has 1 saturated heterocycles. The second-order valence-electron chi connectivity index (χ2n) is 6.62. The van der Waals surface area contributed by atoms with Crippen molar-refractivity contribution >= 4 is 39.3 Å². The lowest BCUT2D eigenvalue weighted by atomic mass is 10.1. The van der Waals surface area contributed by atoms with Gasteiger partial charge in [0.2, 0.25) is 5.91 Å². The lowest BCUT2D eigenvalue weighted by Gasteiger charge is -2.29. The Labute approximate surface area is 176 Å². The highest BCUT2D eigenvalue weighted by Crippen LogP contribution is 2.23. The van der Waals surface area contributed by atoms with Crippen LogP contribution >= 0.6 is 15.9 Å². The highest BCUT2D eigenvalue weighted by atomic mass is 79.9. The van der Waals surface area contributed by atoms with Gasteiger partial charge in [-0.15, -0.1) is 0 Å². The lowest BCUT2D eigenvalue weighted by molar-refractivity contribution is -0.136. The number of benzene rings is 1. The number of carbonyl (C=O) groups excluding carboxylic acids is 3. The molecule has 0 bridgehead atoms. The molecule has 1 atom stereocenters. The van der Waals surface area contributed by atoms with Crippen LogP contribution in [0, 0.1) is 0 Å². The molecule has 2 heterocycles. The van der Waals surface area contributed by atoms with Crippen LogP contribution in [-0.2, 0) is 9.53 Å². The maximum atomic E-state index is 12.9. The van der Waals surface area contributed by atoms with Crippen LogP contribution in [0.3, 0.4) is 0 Å². The second kappa shape index (κ2) is 9.23. The Morgan fingerprint density at radius 2 is 1.83 bits per heavy atom. The van der Waals surface area contributed by atoms with Gasteiger partial charge in [-0.2, -0.15) is 0 Å². The molecule has 1 aromatic heterocycles. The number of ether oxygens (including phenoxy) is 1. The summed E-state index contributed by atoms with van der Waals surface area (Å²) in [5.41, 5.74) is 0.698. The van der Waals surface area contributed by atoms with Crippen LogP contribution in [0.25, 0.3) is 0 Å². The minimum Gasteiger partial charge on any atom is -0.444 e. The number of halogens is 1. The van der Waals surface area contributed by atoms with Gasteiger partial charge in [-0.25, -0.2) is 0 Å². The summed E-state index contributed by atoms with van der Waals surface area (Å²) in [5.74, 6) is -0.849. The Hall–Kier alpha value is -2.65. The molecule has 8 nitrogen and oxygen atoms in total. The smallest absolute Gasteiger partial charge is 0.293 e. The van der Waals surface area contributed by atoms with E-state index in [4.69, 9.17) is 9.15 Å². The minimum absolute atomic E-state index is 0.144. The Bertz CT molecular complexity index is 907. The summed E-state index contributed by atoms with van der Waals surface area (Å²) < 4.78 is 11.0. The van der Waals surface area contributed by atoms with Crippen molar-refractivity contribution in [2.45, 2.75) is 13.0 Å². The van der Waals surface area contributed by atoms with Crippen LogP contribution in [0.5, 0.6) is 0 Å². The molecule has 1 aliphatic heterocycles. The number of anilines is 1. The lowest BCUT2D eigenvalue weighted by Crippen LogP contribution is -2.50. The van der Waals surface area contributed by atoms with E-state index in [0.29, 0.717) is 36.7 Å². The first-order valence-electron chi connectivity index (χ1n) is 9.18. The molecule has 2 aromatic rings. The van der Waals surface area contributed by atoms with E-state index in [0.717, 1.165) is 0 Å². The van der Waals surface area contributed by atoms with E-state index in [1.165, 1.54) is 4.90 Å². The summed E-state index contributed by atoms with van der Waals surface area (Å²) in [6.45, 7) is 3.64. The Morgan fingerprint density at radius 3 is 2.48 bits per heavy atom. The van der Waals surface area contributed by atoms with Crippen LogP contribution < -0.4 is 10.2 Å². The van der Waals surface area contributed by atoms with Gasteiger partial charge >= 0.3 is 0 Å². The van der Waals surface area contributed by atoms with Crippen LogP contribution in [0.4, 0.5) is 5.69 Å². The number of carbonyl (C=O) groups is 3. The van der Waals surface area contributed by atoms with Gasteiger partial charge in [0, 0.05) is 20.1 Å². The molecule has 1 unspecified atom stereocenters. The highest BCUT2D eigenvalue weighted by molar-refractivity contribution is 9.10. The number of hydrogen-bond donors (Lipinski definition) is 1. The standard InChI is InChI=1S/C20H22BrN3O5/c1-13(19(26)24-9-11-28-12-10-24)22-18(25)14-5-3-4-6-15(14)23(2)20(27)16-7-8-17(21)29-16/h3-8,13H,9-12H2,1-2H3,(H,22,25). The minimum atomic E-state index is -0.698. The molecular weight excluding hydrogens is 442 g/mol. The zero-order valence-corrected chi connectivity index (χ0v) is 17.8. The van der Waals surface area contributed by atoms with E-state index >= 15 is 0 Å². The molecular formula is C20H22BrN3O5. The molecule has 0 spiro atoms. The summed E-state index contributed by atoms with van der Waals surface area (Å²) in [5, 5.41) is 2.73. The Morgan fingerprint density at radius 1 is 1.14 bits per heavy atom. The number of amides is 3. The molecule has 154 valence electrons. The van der Waals surface area contributed by atoms with Crippen molar-refractivity contribution in [2.75, 3.05) is 38.3 Å². The largest absolute Gasteiger partial charge is 0.444 e. The van der Waals surface area contributed by atoms with Gasteiger partial charge in [0.05, 0.1) is 24.5 Å². The quantitative estimate of drug-likeness (QED) is 0.734. The van der Waals surface area contributed by atoms with Gasteiger partial charge in [0.15, 0.2) is 10.4 Å². The molecule has 1 fully saturated rings. The topological polar surface area (TPSA) is 92.1 Å². The van der Waals surface area contributed by atoms with E-state index in [2.05, 4.69) is 21.2 Å². The van der Waals surface area contributed by atoms with Crippen molar-refractivity contribution in [2.24, 2.45) is 0 Å². The molecule has 29 heavy (non-hydrogen) atoms. The first-order valence-corrected chi connectivity index (χ1v) is 9.97. The fraction of sp³-hybridized carbons (Fsp3) is 0.350. The van der Waals surface area contributed by atoms with Crippen LogP contribution in [-0.4, -0.2) is 62.0 Å². The summed E-state index contributed by atoms with van der Waals surface area (Å²) >= 11 is 3.17. The van der Waals surface area contributed by atoms with Crippen LogP contribution in [0.1, 0.15) is 27.8 Å². The Balaban J connectivity index is 1.74. The predicted octanol–water partition coefficient (Wildman–Crippen LogP) is 2.30. The van der Waals surface area contributed by atoms with Crippen LogP contribution in [0.15, 0.2) is 45.5 Å². The van der Waals surface area contributed by atoms with E-state index in [1.807, 2.05) is 0 Å². The third-order valence-electron chi connectivity index (χ3n) is 4.64. The van der Waals surface area contributed by atoms with Crippen molar-refractivity contribution in [3.63, 3.8) is 0 Å². The SMILES string of the molecule is CC(NC(=O)c1ccccc1N(C)C(=O)c1ccc(Br)o1)C(=O)N1CCOCC1. The summed E-state index contributed by atoms with van der Waals surface area (Å²) in [4.78, 5) is 41.1. The molecule has 0 saturated carbocycles. The average molecular weight is 464 g/mol. The van der Waals surface area contributed by atoms with Gasteiger partial charge in [-0.3, -0.25) is 14.4 Å². The predicted molar refractivity (Wildman–Crippen MR) is 110 cm³/mol. The fourth-order valence-corrected chi connectivity index (χ4v) is 3.36. The average Bonchev–Trinajstić information content (AvgIpc) is 3.18. The molecule has 3 amide bonds. The van der Waals surface area contributed by atoms with Crippen molar-refractivity contribution < 1.29 is 23.5 Å². The highest BCUT2D eigenvalue weighted by Gasteiger charge is 2.26. The normalized spacial score (nSPS) is 14.9. The zero-order valence-electron chi connectivity index (χ0n) is 16.2. The molecule has 3 rings (SSSR count). The number of hydrogen-bond acceptors (Lipinski definition) is 5. The first-order chi connectivity index (χ1) is 13.9. The number of nitrogens with one attached hydrogen (secondary N) is 1. The van der Waals surface area contributed by atoms with Crippen LogP contribution in [0.2, 0.25) is 0 Å². The molecule has 1 aromatic carbocycles. The van der Waals surface area contributed by atoms with E-state index in [1.54, 1.807) is 55.3 Å². The molecule has 0 radical (unpaired) electrons. The van der Waals surface area contributed by atoms with E-state index in [-0.39, 0.29) is 17.2 Å². The van der Waals surface area contributed by atoms with Gasteiger partial charge in [-0.05, 0) is 47.1 Å². The molecule has 9 heteroatoms. The van der Waals surface area contributed by atoms with Gasteiger partial charge in [0.25, 0.3) is 11.8 Å². The fourth-order valence-electron chi connectivity index (χ4n) is 3.06. The summed E-state index contributed by atoms with van der Waals surface area (Å²) in [6.07, 6.45) is 0. The molecule has 0 aliphatic carbocycles. The van der Waals surface area contributed by atoms with Gasteiger partial charge in [0.1, 0.15) is 6.04 Å². The second-order valence-corrected chi connectivity index (χ2v) is 7.40. The third-order valence-corrected chi connectivity index (χ3v) is 5.07. The zero-order chi connectivity index (χ0) is 21.0. The Kier molecular flexibility index (Phi) is 6.71. The number of rotatable bonds is 5. The monoisotopic (exact) mass is 463 g/mol. The van der Waals surface area contributed by atoms with Crippen molar-refractivity contribution in [3.8, 4) is 0 Å². The first kappa shape index (κ1) is 21.1. The number of nitrogens with zero attached hydrogens (tertiary/aromatic N) is 2. The molecule has 1 N–H and O–H groups in total. The van der Waals surface area contributed by atoms with Crippen molar-refractivity contribution in [1.29, 1.82) is 0 Å². The number of para-hydroxylation sites is 1.